The number of ether oxygens (including phenoxy) is 1. The number of hydrogen-bond acceptors (Lipinski definition) is 5. The van der Waals surface area contributed by atoms with Crippen molar-refractivity contribution < 1.29 is 19.1 Å². The molecule has 1 aromatic rings. The van der Waals surface area contributed by atoms with Crippen LogP contribution in [0.1, 0.15) is 0 Å². The molecular formula is C7H9NO4. The Hall–Kier alpha value is -1.33. The highest BCUT2D eigenvalue weighted by Gasteiger charge is 2.15. The largest absolute Gasteiger partial charge is 0.434 e. The van der Waals surface area contributed by atoms with Gasteiger partial charge in [0.15, 0.2) is 0 Å². The molecule has 0 saturated heterocycles. The van der Waals surface area contributed by atoms with Crippen LogP contribution < -0.4 is 10.5 Å². The van der Waals surface area contributed by atoms with Gasteiger partial charge in [0, 0.05) is 6.07 Å². The molecule has 3 N–H and O–H groups in total. The van der Waals surface area contributed by atoms with E-state index in [1.807, 2.05) is 0 Å². The molecule has 1 heterocycles. The quantitative estimate of drug-likeness (QED) is 0.599. The lowest BCUT2D eigenvalue weighted by atomic mass is 10.3. The minimum Gasteiger partial charge on any atom is -0.434 e. The average molecular weight is 171 g/mol. The number of carbonyl (C=O) groups excluding carboxylic acids is 1. The van der Waals surface area contributed by atoms with Crippen molar-refractivity contribution in [1.29, 1.82) is 0 Å². The van der Waals surface area contributed by atoms with Gasteiger partial charge in [-0.25, -0.2) is 4.79 Å². The number of hydrogen-bond donors (Lipinski definition) is 2. The second-order valence-electron chi connectivity index (χ2n) is 2.14. The maximum atomic E-state index is 10.9. The molecule has 1 atom stereocenters. The number of esters is 1. The van der Waals surface area contributed by atoms with Crippen LogP contribution in [0.4, 0.5) is 0 Å². The summed E-state index contributed by atoms with van der Waals surface area (Å²) in [7, 11) is 0. The van der Waals surface area contributed by atoms with E-state index >= 15 is 0 Å². The molecule has 66 valence electrons. The van der Waals surface area contributed by atoms with Crippen molar-refractivity contribution in [2.24, 2.45) is 5.73 Å². The van der Waals surface area contributed by atoms with Gasteiger partial charge in [-0.05, 0) is 6.07 Å². The first-order chi connectivity index (χ1) is 5.74. The van der Waals surface area contributed by atoms with Crippen molar-refractivity contribution in [2.45, 2.75) is 6.04 Å². The number of nitrogens with two attached hydrogens (primary N) is 1. The summed E-state index contributed by atoms with van der Waals surface area (Å²) in [6.07, 6.45) is 1.37. The summed E-state index contributed by atoms with van der Waals surface area (Å²) < 4.78 is 9.33. The number of aliphatic hydroxyl groups is 1. The zero-order valence-electron chi connectivity index (χ0n) is 6.27. The van der Waals surface area contributed by atoms with E-state index < -0.39 is 18.6 Å². The highest BCUT2D eigenvalue weighted by molar-refractivity contribution is 5.77. The molecule has 0 bridgehead atoms. The summed E-state index contributed by atoms with van der Waals surface area (Å²) in [6, 6.07) is 2.03. The number of rotatable bonds is 3. The van der Waals surface area contributed by atoms with Crippen LogP contribution in [-0.4, -0.2) is 23.7 Å². The minimum atomic E-state index is -1.02. The van der Waals surface area contributed by atoms with E-state index in [1.165, 1.54) is 12.3 Å². The molecule has 0 radical (unpaired) electrons. The second-order valence-corrected chi connectivity index (χ2v) is 2.14. The zero-order valence-corrected chi connectivity index (χ0v) is 6.27. The van der Waals surface area contributed by atoms with Crippen LogP contribution >= 0.6 is 0 Å². The van der Waals surface area contributed by atoms with E-state index in [9.17, 15) is 4.79 Å². The highest BCUT2D eigenvalue weighted by Crippen LogP contribution is 2.10. The lowest BCUT2D eigenvalue weighted by Crippen LogP contribution is -2.37. The molecule has 0 unspecified atom stereocenters. The fourth-order valence-corrected chi connectivity index (χ4v) is 0.571. The summed E-state index contributed by atoms with van der Waals surface area (Å²) in [5.41, 5.74) is 5.17. The van der Waals surface area contributed by atoms with Crippen molar-refractivity contribution >= 4 is 5.97 Å². The van der Waals surface area contributed by atoms with Crippen LogP contribution in [0.2, 0.25) is 0 Å². The fraction of sp³-hybridized carbons (Fsp3) is 0.286. The normalized spacial score (nSPS) is 12.5. The topological polar surface area (TPSA) is 85.7 Å². The summed E-state index contributed by atoms with van der Waals surface area (Å²) in [5, 5.41) is 8.48. The van der Waals surface area contributed by atoms with Gasteiger partial charge < -0.3 is 20.0 Å². The van der Waals surface area contributed by atoms with Crippen LogP contribution in [0.25, 0.3) is 0 Å². The van der Waals surface area contributed by atoms with Gasteiger partial charge in [0.2, 0.25) is 0 Å². The molecular weight excluding hydrogens is 162 g/mol. The van der Waals surface area contributed by atoms with Gasteiger partial charge in [0.05, 0.1) is 12.9 Å². The van der Waals surface area contributed by atoms with E-state index in [0.717, 1.165) is 0 Å². The number of carbonyl (C=O) groups is 1. The van der Waals surface area contributed by atoms with Gasteiger partial charge in [-0.15, -0.1) is 0 Å². The third-order valence-electron chi connectivity index (χ3n) is 1.20. The van der Waals surface area contributed by atoms with E-state index in [2.05, 4.69) is 4.74 Å². The Kier molecular flexibility index (Phi) is 2.84. The Balaban J connectivity index is 2.47. The van der Waals surface area contributed by atoms with Crippen molar-refractivity contribution in [3.05, 3.63) is 18.4 Å². The molecule has 1 aromatic heterocycles. The molecule has 0 aliphatic rings. The van der Waals surface area contributed by atoms with Crippen LogP contribution in [-0.2, 0) is 4.79 Å². The summed E-state index contributed by atoms with van der Waals surface area (Å²) in [5.74, 6) is -0.642. The molecule has 5 heteroatoms. The van der Waals surface area contributed by atoms with E-state index in [0.29, 0.717) is 0 Å². The Bertz CT molecular complexity index is 244. The van der Waals surface area contributed by atoms with Gasteiger partial charge >= 0.3 is 5.97 Å². The van der Waals surface area contributed by atoms with Gasteiger partial charge in [0.25, 0.3) is 5.95 Å². The first-order valence-corrected chi connectivity index (χ1v) is 3.35. The van der Waals surface area contributed by atoms with Crippen LogP contribution in [0.15, 0.2) is 22.8 Å². The van der Waals surface area contributed by atoms with Crippen molar-refractivity contribution in [3.8, 4) is 5.95 Å². The third kappa shape index (κ3) is 2.08. The molecule has 0 spiro atoms. The van der Waals surface area contributed by atoms with Crippen LogP contribution in [0.3, 0.4) is 0 Å². The van der Waals surface area contributed by atoms with Gasteiger partial charge in [-0.1, -0.05) is 0 Å². The fourth-order valence-electron chi connectivity index (χ4n) is 0.571. The number of furan rings is 1. The van der Waals surface area contributed by atoms with Crippen LogP contribution in [0, 0.1) is 0 Å². The Morgan fingerprint density at radius 2 is 2.58 bits per heavy atom. The summed E-state index contributed by atoms with van der Waals surface area (Å²) in [6.45, 7) is -0.445. The third-order valence-corrected chi connectivity index (χ3v) is 1.20. The lowest BCUT2D eigenvalue weighted by molar-refractivity contribution is -0.137. The highest BCUT2D eigenvalue weighted by atomic mass is 16.6. The molecule has 1 rings (SSSR count). The molecule has 0 amide bonds. The SMILES string of the molecule is N[C@@H](CO)C(=O)Oc1ccco1. The average Bonchev–Trinajstić information content (AvgIpc) is 2.55. The standard InChI is InChI=1S/C7H9NO4/c8-5(4-9)7(10)12-6-2-1-3-11-6/h1-3,5,9H,4,8H2/t5-/m0/s1. The van der Waals surface area contributed by atoms with E-state index in [4.69, 9.17) is 15.3 Å². The predicted molar refractivity (Wildman–Crippen MR) is 39.4 cm³/mol. The molecule has 0 fully saturated rings. The lowest BCUT2D eigenvalue weighted by Gasteiger charge is -2.04. The molecule has 0 saturated carbocycles. The predicted octanol–water partition coefficient (Wildman–Crippen LogP) is -0.495. The maximum Gasteiger partial charge on any atom is 0.333 e. The smallest absolute Gasteiger partial charge is 0.333 e. The molecule has 0 aromatic carbocycles. The van der Waals surface area contributed by atoms with Crippen molar-refractivity contribution in [3.63, 3.8) is 0 Å². The molecule has 5 nitrogen and oxygen atoms in total. The second kappa shape index (κ2) is 3.89. The Morgan fingerprint density at radius 1 is 1.83 bits per heavy atom. The zero-order chi connectivity index (χ0) is 8.97. The van der Waals surface area contributed by atoms with E-state index in [1.54, 1.807) is 6.07 Å². The number of aliphatic hydroxyl groups excluding tert-OH is 1. The van der Waals surface area contributed by atoms with Gasteiger partial charge in [0.1, 0.15) is 6.04 Å². The van der Waals surface area contributed by atoms with Gasteiger partial charge in [-0.3, -0.25) is 0 Å². The molecule has 0 aliphatic carbocycles. The summed E-state index contributed by atoms with van der Waals surface area (Å²) >= 11 is 0. The minimum absolute atomic E-state index is 0.0731. The first kappa shape index (κ1) is 8.76. The molecule has 0 aliphatic heterocycles. The van der Waals surface area contributed by atoms with Crippen molar-refractivity contribution in [1.82, 2.24) is 0 Å². The first-order valence-electron chi connectivity index (χ1n) is 3.35. The van der Waals surface area contributed by atoms with Crippen molar-refractivity contribution in [2.75, 3.05) is 6.61 Å². The monoisotopic (exact) mass is 171 g/mol. The van der Waals surface area contributed by atoms with E-state index in [-0.39, 0.29) is 5.95 Å². The summed E-state index contributed by atoms with van der Waals surface area (Å²) in [4.78, 5) is 10.9. The molecule has 12 heavy (non-hydrogen) atoms. The maximum absolute atomic E-state index is 10.9. The Labute approximate surface area is 68.7 Å². The Morgan fingerprint density at radius 3 is 3.08 bits per heavy atom. The van der Waals surface area contributed by atoms with Crippen LogP contribution in [0.5, 0.6) is 5.95 Å². The van der Waals surface area contributed by atoms with Gasteiger partial charge in [-0.2, -0.15) is 0 Å².